The van der Waals surface area contributed by atoms with Crippen LogP contribution in [-0.4, -0.2) is 58.5 Å². The molecule has 0 unspecified atom stereocenters. The summed E-state index contributed by atoms with van der Waals surface area (Å²) < 4.78 is 3.48. The Bertz CT molecular complexity index is 1150. The van der Waals surface area contributed by atoms with Crippen molar-refractivity contribution >= 4 is 22.7 Å². The van der Waals surface area contributed by atoms with Gasteiger partial charge in [0.15, 0.2) is 0 Å². The molecule has 0 radical (unpaired) electrons. The molecule has 4 aromatic rings. The Kier molecular flexibility index (Phi) is 4.00. The molecule has 4 heterocycles. The van der Waals surface area contributed by atoms with E-state index >= 15 is 0 Å². The molecule has 0 bridgehead atoms. The van der Waals surface area contributed by atoms with E-state index in [0.29, 0.717) is 12.3 Å². The first-order valence-electron chi connectivity index (χ1n) is 9.46. The Morgan fingerprint density at radius 1 is 1.21 bits per heavy atom. The van der Waals surface area contributed by atoms with E-state index in [1.165, 1.54) is 6.33 Å². The van der Waals surface area contributed by atoms with Crippen molar-refractivity contribution in [1.82, 2.24) is 39.5 Å². The molecule has 142 valence electrons. The van der Waals surface area contributed by atoms with Crippen LogP contribution in [0.5, 0.6) is 0 Å². The number of likely N-dealkylation sites (tertiary alicyclic amines) is 1. The number of carbonyl (C=O) groups is 1. The number of carbonyl (C=O) groups excluding carboxylic acids is 1. The van der Waals surface area contributed by atoms with Gasteiger partial charge in [-0.2, -0.15) is 10.1 Å². The van der Waals surface area contributed by atoms with Gasteiger partial charge in [-0.05, 0) is 38.0 Å². The zero-order valence-corrected chi connectivity index (χ0v) is 15.5. The number of benzene rings is 1. The number of rotatable bonds is 3. The summed E-state index contributed by atoms with van der Waals surface area (Å²) in [4.78, 5) is 23.5. The topological polar surface area (TPSA) is 94.1 Å². The lowest BCUT2D eigenvalue weighted by molar-refractivity contribution is -0.135. The Balaban J connectivity index is 1.40. The maximum atomic E-state index is 13.2. The second kappa shape index (κ2) is 6.66. The molecule has 1 aromatic carbocycles. The van der Waals surface area contributed by atoms with E-state index in [9.17, 15) is 4.79 Å². The summed E-state index contributed by atoms with van der Waals surface area (Å²) in [5.74, 6) is 0.845. The van der Waals surface area contributed by atoms with Gasteiger partial charge in [-0.25, -0.2) is 14.2 Å². The van der Waals surface area contributed by atoms with Crippen molar-refractivity contribution in [2.75, 3.05) is 13.1 Å². The lowest BCUT2D eigenvalue weighted by atomic mass is 9.94. The molecule has 1 aliphatic heterocycles. The quantitative estimate of drug-likeness (QED) is 0.541. The minimum Gasteiger partial charge on any atom is -0.340 e. The van der Waals surface area contributed by atoms with E-state index in [1.807, 2.05) is 42.2 Å². The molecule has 28 heavy (non-hydrogen) atoms. The Morgan fingerprint density at radius 2 is 2.11 bits per heavy atom. The SMILES string of the molecule is C[C@H](C(=O)N1CCC[C@H](c2ccnc3ncnn23)C1)n1nnc2ccccc21. The highest BCUT2D eigenvalue weighted by molar-refractivity contribution is 5.83. The largest absolute Gasteiger partial charge is 0.340 e. The van der Waals surface area contributed by atoms with Gasteiger partial charge in [0.05, 0.1) is 11.2 Å². The molecule has 0 saturated carbocycles. The molecule has 1 saturated heterocycles. The third-order valence-electron chi connectivity index (χ3n) is 5.46. The van der Waals surface area contributed by atoms with Crippen molar-refractivity contribution in [3.05, 3.63) is 48.5 Å². The van der Waals surface area contributed by atoms with Crippen LogP contribution < -0.4 is 0 Å². The van der Waals surface area contributed by atoms with E-state index in [-0.39, 0.29) is 11.8 Å². The maximum absolute atomic E-state index is 13.2. The average molecular weight is 376 g/mol. The number of aromatic nitrogens is 7. The first-order chi connectivity index (χ1) is 13.7. The standard InChI is InChI=1S/C19H20N8O/c1-13(26-17-7-3-2-6-15(17)23-24-26)18(28)25-10-4-5-14(11-25)16-8-9-20-19-21-12-22-27(16)19/h2-3,6-9,12-14H,4-5,10-11H2,1H3/t13-,14+/m1/s1. The first kappa shape index (κ1) is 16.8. The van der Waals surface area contributed by atoms with Crippen LogP contribution in [0.1, 0.15) is 37.4 Å². The van der Waals surface area contributed by atoms with Crippen LogP contribution in [0.25, 0.3) is 16.8 Å². The number of hydrogen-bond acceptors (Lipinski definition) is 6. The lowest BCUT2D eigenvalue weighted by Gasteiger charge is -2.34. The summed E-state index contributed by atoms with van der Waals surface area (Å²) in [6.07, 6.45) is 5.21. The van der Waals surface area contributed by atoms with E-state index in [2.05, 4.69) is 25.4 Å². The van der Waals surface area contributed by atoms with Crippen molar-refractivity contribution in [1.29, 1.82) is 0 Å². The predicted octanol–water partition coefficient (Wildman–Crippen LogP) is 1.84. The van der Waals surface area contributed by atoms with Crippen molar-refractivity contribution in [2.45, 2.75) is 31.7 Å². The molecule has 0 spiro atoms. The Morgan fingerprint density at radius 3 is 3.04 bits per heavy atom. The van der Waals surface area contributed by atoms with Gasteiger partial charge in [-0.3, -0.25) is 4.79 Å². The van der Waals surface area contributed by atoms with Gasteiger partial charge in [0.2, 0.25) is 5.91 Å². The van der Waals surface area contributed by atoms with E-state index in [1.54, 1.807) is 15.4 Å². The third-order valence-corrected chi connectivity index (χ3v) is 5.46. The third kappa shape index (κ3) is 2.70. The van der Waals surface area contributed by atoms with Crippen LogP contribution in [0.2, 0.25) is 0 Å². The molecule has 5 rings (SSSR count). The number of hydrogen-bond donors (Lipinski definition) is 0. The van der Waals surface area contributed by atoms with Crippen LogP contribution >= 0.6 is 0 Å². The number of para-hydroxylation sites is 1. The zero-order valence-electron chi connectivity index (χ0n) is 15.5. The van der Waals surface area contributed by atoms with Gasteiger partial charge in [-0.1, -0.05) is 17.3 Å². The van der Waals surface area contributed by atoms with Crippen LogP contribution in [0.3, 0.4) is 0 Å². The molecular formula is C19H20N8O. The van der Waals surface area contributed by atoms with Gasteiger partial charge in [-0.15, -0.1) is 5.10 Å². The number of piperidine rings is 1. The molecule has 1 aliphatic rings. The number of nitrogens with zero attached hydrogens (tertiary/aromatic N) is 8. The van der Waals surface area contributed by atoms with E-state index in [4.69, 9.17) is 0 Å². The highest BCUT2D eigenvalue weighted by Gasteiger charge is 2.30. The van der Waals surface area contributed by atoms with Gasteiger partial charge in [0, 0.05) is 25.2 Å². The van der Waals surface area contributed by atoms with Crippen molar-refractivity contribution < 1.29 is 4.79 Å². The molecule has 0 aliphatic carbocycles. The van der Waals surface area contributed by atoms with Crippen molar-refractivity contribution in [3.8, 4) is 0 Å². The van der Waals surface area contributed by atoms with Crippen LogP contribution in [0.4, 0.5) is 0 Å². The highest BCUT2D eigenvalue weighted by atomic mass is 16.2. The summed E-state index contributed by atoms with van der Waals surface area (Å²) in [5.41, 5.74) is 2.71. The second-order valence-electron chi connectivity index (χ2n) is 7.16. The summed E-state index contributed by atoms with van der Waals surface area (Å²) >= 11 is 0. The summed E-state index contributed by atoms with van der Waals surface area (Å²) in [7, 11) is 0. The number of fused-ring (bicyclic) bond motifs is 2. The van der Waals surface area contributed by atoms with Crippen molar-refractivity contribution in [3.63, 3.8) is 0 Å². The smallest absolute Gasteiger partial charge is 0.252 e. The second-order valence-corrected chi connectivity index (χ2v) is 7.16. The molecular weight excluding hydrogens is 356 g/mol. The van der Waals surface area contributed by atoms with E-state index < -0.39 is 6.04 Å². The Labute approximate surface area is 161 Å². The molecule has 0 N–H and O–H groups in total. The Hall–Kier alpha value is -3.36. The first-order valence-corrected chi connectivity index (χ1v) is 9.46. The van der Waals surface area contributed by atoms with Gasteiger partial charge < -0.3 is 4.90 Å². The minimum atomic E-state index is -0.407. The zero-order chi connectivity index (χ0) is 19.1. The fourth-order valence-electron chi connectivity index (χ4n) is 4.03. The van der Waals surface area contributed by atoms with Gasteiger partial charge in [0.25, 0.3) is 5.78 Å². The van der Waals surface area contributed by atoms with Crippen LogP contribution in [-0.2, 0) is 4.79 Å². The highest BCUT2D eigenvalue weighted by Crippen LogP contribution is 2.28. The monoisotopic (exact) mass is 376 g/mol. The van der Waals surface area contributed by atoms with Crippen molar-refractivity contribution in [2.24, 2.45) is 0 Å². The summed E-state index contributed by atoms with van der Waals surface area (Å²) in [6, 6.07) is 9.26. The van der Waals surface area contributed by atoms with Gasteiger partial charge in [0.1, 0.15) is 17.9 Å². The molecule has 1 amide bonds. The molecule has 9 heteroatoms. The van der Waals surface area contributed by atoms with E-state index in [0.717, 1.165) is 36.1 Å². The minimum absolute atomic E-state index is 0.0595. The van der Waals surface area contributed by atoms with Crippen LogP contribution in [0, 0.1) is 0 Å². The maximum Gasteiger partial charge on any atom is 0.252 e. The molecule has 9 nitrogen and oxygen atoms in total. The summed E-state index contributed by atoms with van der Waals surface area (Å²) in [6.45, 7) is 3.28. The molecule has 1 fully saturated rings. The molecule has 2 atom stereocenters. The molecule has 3 aromatic heterocycles. The van der Waals surface area contributed by atoms with Gasteiger partial charge >= 0.3 is 0 Å². The number of amides is 1. The predicted molar refractivity (Wildman–Crippen MR) is 102 cm³/mol. The fraction of sp³-hybridized carbons (Fsp3) is 0.368. The average Bonchev–Trinajstić information content (AvgIpc) is 3.39. The summed E-state index contributed by atoms with van der Waals surface area (Å²) in [5, 5.41) is 12.7. The van der Waals surface area contributed by atoms with Crippen LogP contribution in [0.15, 0.2) is 42.9 Å². The lowest BCUT2D eigenvalue weighted by Crippen LogP contribution is -2.42. The fourth-order valence-corrected chi connectivity index (χ4v) is 4.03. The normalized spacial score (nSPS) is 18.6.